The van der Waals surface area contributed by atoms with Gasteiger partial charge in [-0.25, -0.2) is 9.37 Å². The Morgan fingerprint density at radius 2 is 2.07 bits per heavy atom. The van der Waals surface area contributed by atoms with Crippen LogP contribution in [0, 0.1) is 18.7 Å². The second-order valence-electron chi connectivity index (χ2n) is 7.29. The molecule has 1 fully saturated rings. The minimum atomic E-state index is -0.386. The molecule has 0 spiro atoms. The number of ketones is 1. The minimum absolute atomic E-state index is 0.0390. The molecule has 0 unspecified atom stereocenters. The van der Waals surface area contributed by atoms with Gasteiger partial charge in [0.25, 0.3) is 5.91 Å². The molecule has 0 saturated carbocycles. The molecule has 3 heterocycles. The number of hydrogen-bond donors (Lipinski definition) is 0. The molecule has 4 rings (SSSR count). The number of halogens is 1. The Bertz CT molecular complexity index is 1070. The molecule has 6 nitrogen and oxygen atoms in total. The summed E-state index contributed by atoms with van der Waals surface area (Å²) in [6.07, 6.45) is 4.83. The van der Waals surface area contributed by atoms with E-state index in [0.717, 1.165) is 12.8 Å². The van der Waals surface area contributed by atoms with Gasteiger partial charge >= 0.3 is 0 Å². The van der Waals surface area contributed by atoms with Gasteiger partial charge in [-0.15, -0.1) is 0 Å². The van der Waals surface area contributed by atoms with Crippen LogP contribution in [0.15, 0.2) is 36.7 Å². The second-order valence-corrected chi connectivity index (χ2v) is 7.29. The van der Waals surface area contributed by atoms with Crippen molar-refractivity contribution in [1.82, 2.24) is 19.4 Å². The van der Waals surface area contributed by atoms with Crippen LogP contribution in [0.1, 0.15) is 39.5 Å². The number of imidazole rings is 1. The summed E-state index contributed by atoms with van der Waals surface area (Å²) in [5.74, 6) is -0.435. The SMILES string of the molecule is Cc1cc(C(=O)N2CCC[C@H](C(=O)c3nccn3C)C2)c2ccc(F)cc2n1. The van der Waals surface area contributed by atoms with Crippen LogP contribution in [0.2, 0.25) is 0 Å². The first-order valence-electron chi connectivity index (χ1n) is 9.32. The monoisotopic (exact) mass is 380 g/mol. The third-order valence-electron chi connectivity index (χ3n) is 5.25. The molecule has 0 radical (unpaired) electrons. The largest absolute Gasteiger partial charge is 0.338 e. The van der Waals surface area contributed by atoms with Crippen molar-refractivity contribution in [3.05, 3.63) is 59.6 Å². The number of likely N-dealkylation sites (tertiary alicyclic amines) is 1. The zero-order valence-corrected chi connectivity index (χ0v) is 15.9. The molecule has 0 bridgehead atoms. The molecule has 1 aliphatic heterocycles. The van der Waals surface area contributed by atoms with Crippen LogP contribution < -0.4 is 0 Å². The number of pyridine rings is 1. The Labute approximate surface area is 162 Å². The summed E-state index contributed by atoms with van der Waals surface area (Å²) in [5, 5.41) is 0.620. The van der Waals surface area contributed by atoms with Crippen molar-refractivity contribution in [2.24, 2.45) is 13.0 Å². The van der Waals surface area contributed by atoms with Crippen molar-refractivity contribution in [1.29, 1.82) is 0 Å². The lowest BCUT2D eigenvalue weighted by molar-refractivity contribution is 0.0634. The molecule has 2 aromatic heterocycles. The number of aryl methyl sites for hydroxylation is 2. The Morgan fingerprint density at radius 3 is 2.82 bits per heavy atom. The molecular weight excluding hydrogens is 359 g/mol. The number of Topliss-reactive ketones (excluding diaryl/α,β-unsaturated/α-hetero) is 1. The highest BCUT2D eigenvalue weighted by Gasteiger charge is 2.31. The normalized spacial score (nSPS) is 17.1. The summed E-state index contributed by atoms with van der Waals surface area (Å²) in [6, 6.07) is 5.99. The highest BCUT2D eigenvalue weighted by atomic mass is 19.1. The van der Waals surface area contributed by atoms with Gasteiger partial charge in [-0.3, -0.25) is 14.6 Å². The summed E-state index contributed by atoms with van der Waals surface area (Å²) in [7, 11) is 1.79. The average Bonchev–Trinajstić information content (AvgIpc) is 3.11. The number of benzene rings is 1. The fraction of sp³-hybridized carbons (Fsp3) is 0.333. The van der Waals surface area contributed by atoms with Crippen molar-refractivity contribution in [2.45, 2.75) is 19.8 Å². The molecule has 28 heavy (non-hydrogen) atoms. The van der Waals surface area contributed by atoms with E-state index in [-0.39, 0.29) is 23.4 Å². The lowest BCUT2D eigenvalue weighted by Crippen LogP contribution is -2.42. The van der Waals surface area contributed by atoms with E-state index in [1.807, 2.05) is 0 Å². The highest BCUT2D eigenvalue weighted by Crippen LogP contribution is 2.25. The lowest BCUT2D eigenvalue weighted by atomic mass is 9.92. The second kappa shape index (κ2) is 7.14. The smallest absolute Gasteiger partial charge is 0.254 e. The average molecular weight is 380 g/mol. The molecule has 0 N–H and O–H groups in total. The third-order valence-corrected chi connectivity index (χ3v) is 5.25. The van der Waals surface area contributed by atoms with Crippen LogP contribution in [0.25, 0.3) is 10.9 Å². The first-order valence-corrected chi connectivity index (χ1v) is 9.32. The summed E-state index contributed by atoms with van der Waals surface area (Å²) in [5.41, 5.74) is 1.60. The van der Waals surface area contributed by atoms with Crippen molar-refractivity contribution in [3.63, 3.8) is 0 Å². The van der Waals surface area contributed by atoms with Gasteiger partial charge in [0.15, 0.2) is 5.82 Å². The summed E-state index contributed by atoms with van der Waals surface area (Å²) < 4.78 is 15.3. The van der Waals surface area contributed by atoms with Gasteiger partial charge in [-0.05, 0) is 38.0 Å². The van der Waals surface area contributed by atoms with E-state index < -0.39 is 0 Å². The number of hydrogen-bond acceptors (Lipinski definition) is 4. The van der Waals surface area contributed by atoms with Crippen LogP contribution in [0.4, 0.5) is 4.39 Å². The van der Waals surface area contributed by atoms with Crippen LogP contribution >= 0.6 is 0 Å². The number of carbonyl (C=O) groups is 2. The van der Waals surface area contributed by atoms with Gasteiger partial charge in [-0.2, -0.15) is 0 Å². The van der Waals surface area contributed by atoms with E-state index in [9.17, 15) is 14.0 Å². The van der Waals surface area contributed by atoms with E-state index in [1.165, 1.54) is 12.1 Å². The number of nitrogens with zero attached hydrogens (tertiary/aromatic N) is 4. The van der Waals surface area contributed by atoms with Crippen LogP contribution in [0.3, 0.4) is 0 Å². The highest BCUT2D eigenvalue weighted by molar-refractivity contribution is 6.06. The topological polar surface area (TPSA) is 68.1 Å². The van der Waals surface area contributed by atoms with Crippen LogP contribution in [-0.4, -0.2) is 44.2 Å². The maximum atomic E-state index is 13.6. The number of amides is 1. The Kier molecular flexibility index (Phi) is 4.66. The molecule has 3 aromatic rings. The molecule has 7 heteroatoms. The molecular formula is C21H21FN4O2. The van der Waals surface area contributed by atoms with Crippen molar-refractivity contribution in [3.8, 4) is 0 Å². The van der Waals surface area contributed by atoms with Gasteiger partial charge < -0.3 is 9.47 Å². The fourth-order valence-corrected chi connectivity index (χ4v) is 3.84. The van der Waals surface area contributed by atoms with Crippen molar-refractivity contribution < 1.29 is 14.0 Å². The standard InChI is InChI=1S/C21H21FN4O2/c1-13-10-17(16-6-5-15(22)11-18(16)24-13)21(28)26-8-3-4-14(12-26)19(27)20-23-7-9-25(20)2/h5-7,9-11,14H,3-4,8,12H2,1-2H3/t14-/m0/s1. The van der Waals surface area contributed by atoms with Crippen molar-refractivity contribution in [2.75, 3.05) is 13.1 Å². The molecule has 1 aromatic carbocycles. The maximum Gasteiger partial charge on any atom is 0.254 e. The minimum Gasteiger partial charge on any atom is -0.338 e. The number of rotatable bonds is 3. The van der Waals surface area contributed by atoms with Gasteiger partial charge in [0.1, 0.15) is 5.82 Å². The van der Waals surface area contributed by atoms with Gasteiger partial charge in [0.05, 0.1) is 11.1 Å². The van der Waals surface area contributed by atoms with E-state index in [2.05, 4.69) is 9.97 Å². The molecule has 0 aliphatic carbocycles. The van der Waals surface area contributed by atoms with Gasteiger partial charge in [-0.1, -0.05) is 0 Å². The van der Waals surface area contributed by atoms with Crippen LogP contribution in [-0.2, 0) is 7.05 Å². The Morgan fingerprint density at radius 1 is 1.25 bits per heavy atom. The van der Waals surface area contributed by atoms with E-state index >= 15 is 0 Å². The van der Waals surface area contributed by atoms with Gasteiger partial charge in [0.2, 0.25) is 5.78 Å². The van der Waals surface area contributed by atoms with Crippen molar-refractivity contribution >= 4 is 22.6 Å². The van der Waals surface area contributed by atoms with Crippen LogP contribution in [0.5, 0.6) is 0 Å². The number of fused-ring (bicyclic) bond motifs is 1. The summed E-state index contributed by atoms with van der Waals surface area (Å²) in [6.45, 7) is 2.73. The number of aromatic nitrogens is 3. The number of piperidine rings is 1. The molecule has 1 atom stereocenters. The van der Waals surface area contributed by atoms with E-state index in [1.54, 1.807) is 48.0 Å². The first-order chi connectivity index (χ1) is 13.4. The quantitative estimate of drug-likeness (QED) is 0.655. The predicted octanol–water partition coefficient (Wildman–Crippen LogP) is 3.15. The Balaban J connectivity index is 1.63. The molecule has 1 saturated heterocycles. The molecule has 1 aliphatic rings. The lowest BCUT2D eigenvalue weighted by Gasteiger charge is -2.32. The summed E-state index contributed by atoms with van der Waals surface area (Å²) >= 11 is 0. The summed E-state index contributed by atoms with van der Waals surface area (Å²) in [4.78, 5) is 36.3. The number of carbonyl (C=O) groups excluding carboxylic acids is 2. The fourth-order valence-electron chi connectivity index (χ4n) is 3.84. The maximum absolute atomic E-state index is 13.6. The zero-order valence-electron chi connectivity index (χ0n) is 15.9. The Hall–Kier alpha value is -3.09. The molecule has 1 amide bonds. The van der Waals surface area contributed by atoms with Gasteiger partial charge in [0, 0.05) is 55.6 Å². The van der Waals surface area contributed by atoms with E-state index in [4.69, 9.17) is 0 Å². The predicted molar refractivity (Wildman–Crippen MR) is 103 cm³/mol. The molecule has 144 valence electrons. The van der Waals surface area contributed by atoms with E-state index in [0.29, 0.717) is 41.1 Å². The zero-order chi connectivity index (χ0) is 19.8. The first kappa shape index (κ1) is 18.3. The third kappa shape index (κ3) is 3.28.